The van der Waals surface area contributed by atoms with Gasteiger partial charge < -0.3 is 10.4 Å². The summed E-state index contributed by atoms with van der Waals surface area (Å²) < 4.78 is 1.32. The number of nitrogens with one attached hydrogen (secondary N) is 1. The molecule has 0 bridgehead atoms. The molecule has 0 spiro atoms. The van der Waals surface area contributed by atoms with E-state index in [2.05, 4.69) is 10.4 Å². The molecule has 8 nitrogen and oxygen atoms in total. The van der Waals surface area contributed by atoms with Crippen LogP contribution < -0.4 is 5.32 Å². The first-order valence-corrected chi connectivity index (χ1v) is 6.17. The molecule has 1 heterocycles. The Labute approximate surface area is 120 Å². The molecule has 2 N–H and O–H groups in total. The maximum atomic E-state index is 10.5. The molecule has 2 rings (SSSR count). The average molecular weight is 287 g/mol. The predicted molar refractivity (Wildman–Crippen MR) is 74.5 cm³/mol. The SMILES string of the molecule is N#Cc1ccc(NCC(O)Cn2cc([N+](=O)[O-])cn2)cc1. The van der Waals surface area contributed by atoms with Crippen LogP contribution in [0.2, 0.25) is 0 Å². The van der Waals surface area contributed by atoms with E-state index in [-0.39, 0.29) is 18.8 Å². The monoisotopic (exact) mass is 287 g/mol. The van der Waals surface area contributed by atoms with E-state index >= 15 is 0 Å². The number of hydrogen-bond donors (Lipinski definition) is 2. The van der Waals surface area contributed by atoms with Crippen molar-refractivity contribution in [2.24, 2.45) is 0 Å². The Hall–Kier alpha value is -2.92. The van der Waals surface area contributed by atoms with Gasteiger partial charge in [0.2, 0.25) is 0 Å². The Morgan fingerprint density at radius 1 is 1.48 bits per heavy atom. The van der Waals surface area contributed by atoms with Gasteiger partial charge in [0, 0.05) is 12.2 Å². The van der Waals surface area contributed by atoms with Crippen LogP contribution in [0.3, 0.4) is 0 Å². The molecule has 0 fully saturated rings. The van der Waals surface area contributed by atoms with Gasteiger partial charge in [-0.15, -0.1) is 0 Å². The first-order chi connectivity index (χ1) is 10.1. The molecule has 0 saturated carbocycles. The van der Waals surface area contributed by atoms with Crippen molar-refractivity contribution in [2.45, 2.75) is 12.6 Å². The van der Waals surface area contributed by atoms with E-state index in [1.165, 1.54) is 10.9 Å². The molecule has 1 atom stereocenters. The summed E-state index contributed by atoms with van der Waals surface area (Å²) in [6, 6.07) is 8.84. The van der Waals surface area contributed by atoms with Gasteiger partial charge in [0.1, 0.15) is 12.4 Å². The molecule has 8 heteroatoms. The highest BCUT2D eigenvalue weighted by Crippen LogP contribution is 2.10. The fraction of sp³-hybridized carbons (Fsp3) is 0.231. The molecule has 0 saturated heterocycles. The Balaban J connectivity index is 1.84. The smallest absolute Gasteiger partial charge is 0.306 e. The lowest BCUT2D eigenvalue weighted by Crippen LogP contribution is -2.25. The summed E-state index contributed by atoms with van der Waals surface area (Å²) in [6.07, 6.45) is 1.66. The van der Waals surface area contributed by atoms with Gasteiger partial charge in [-0.05, 0) is 24.3 Å². The van der Waals surface area contributed by atoms with Crippen LogP contribution >= 0.6 is 0 Å². The second-order valence-corrected chi connectivity index (χ2v) is 4.40. The summed E-state index contributed by atoms with van der Waals surface area (Å²) in [6.45, 7) is 0.413. The number of anilines is 1. The number of nitriles is 1. The molecule has 108 valence electrons. The zero-order chi connectivity index (χ0) is 15.2. The van der Waals surface area contributed by atoms with E-state index in [9.17, 15) is 15.2 Å². The number of nitrogens with zero attached hydrogens (tertiary/aromatic N) is 4. The fourth-order valence-electron chi connectivity index (χ4n) is 1.73. The number of hydrogen-bond acceptors (Lipinski definition) is 6. The number of aliphatic hydroxyl groups is 1. The Morgan fingerprint density at radius 2 is 2.19 bits per heavy atom. The quantitative estimate of drug-likeness (QED) is 0.607. The number of benzene rings is 1. The minimum absolute atomic E-state index is 0.109. The Kier molecular flexibility index (Phi) is 4.48. The van der Waals surface area contributed by atoms with Gasteiger partial charge in [0.05, 0.1) is 29.2 Å². The van der Waals surface area contributed by atoms with Crippen LogP contribution in [0, 0.1) is 21.4 Å². The number of nitro groups is 1. The van der Waals surface area contributed by atoms with Crippen molar-refractivity contribution in [3.8, 4) is 6.07 Å². The lowest BCUT2D eigenvalue weighted by molar-refractivity contribution is -0.385. The summed E-state index contributed by atoms with van der Waals surface area (Å²) in [5.74, 6) is 0. The van der Waals surface area contributed by atoms with E-state index < -0.39 is 11.0 Å². The van der Waals surface area contributed by atoms with Crippen molar-refractivity contribution in [3.05, 3.63) is 52.3 Å². The van der Waals surface area contributed by atoms with E-state index in [0.29, 0.717) is 5.56 Å². The van der Waals surface area contributed by atoms with Crippen LogP contribution in [0.5, 0.6) is 0 Å². The predicted octanol–water partition coefficient (Wildman–Crippen LogP) is 1.14. The zero-order valence-corrected chi connectivity index (χ0v) is 11.0. The van der Waals surface area contributed by atoms with Gasteiger partial charge in [0.15, 0.2) is 0 Å². The fourth-order valence-corrected chi connectivity index (χ4v) is 1.73. The molecule has 0 aliphatic carbocycles. The largest absolute Gasteiger partial charge is 0.389 e. The minimum Gasteiger partial charge on any atom is -0.389 e. The first kappa shape index (κ1) is 14.5. The summed E-state index contributed by atoms with van der Waals surface area (Å²) in [5, 5.41) is 35.9. The van der Waals surface area contributed by atoms with Crippen molar-refractivity contribution in [1.82, 2.24) is 9.78 Å². The molecular weight excluding hydrogens is 274 g/mol. The third-order valence-electron chi connectivity index (χ3n) is 2.78. The van der Waals surface area contributed by atoms with Crippen LogP contribution in [-0.2, 0) is 6.54 Å². The molecule has 21 heavy (non-hydrogen) atoms. The Bertz CT molecular complexity index is 659. The van der Waals surface area contributed by atoms with Crippen LogP contribution in [-0.4, -0.2) is 32.5 Å². The highest BCUT2D eigenvalue weighted by atomic mass is 16.6. The number of aliphatic hydroxyl groups excluding tert-OH is 1. The number of aromatic nitrogens is 2. The molecular formula is C13H13N5O3. The molecule has 0 aliphatic rings. The van der Waals surface area contributed by atoms with Crippen molar-refractivity contribution in [3.63, 3.8) is 0 Å². The van der Waals surface area contributed by atoms with Crippen molar-refractivity contribution >= 4 is 11.4 Å². The van der Waals surface area contributed by atoms with Crippen LogP contribution in [0.1, 0.15) is 5.56 Å². The van der Waals surface area contributed by atoms with Crippen LogP contribution in [0.4, 0.5) is 11.4 Å². The van der Waals surface area contributed by atoms with Gasteiger partial charge in [-0.25, -0.2) is 0 Å². The molecule has 0 radical (unpaired) electrons. The van der Waals surface area contributed by atoms with Gasteiger partial charge >= 0.3 is 5.69 Å². The Morgan fingerprint density at radius 3 is 2.76 bits per heavy atom. The lowest BCUT2D eigenvalue weighted by atomic mass is 10.2. The van der Waals surface area contributed by atoms with Crippen LogP contribution in [0.25, 0.3) is 0 Å². The van der Waals surface area contributed by atoms with Gasteiger partial charge in [-0.2, -0.15) is 10.4 Å². The topological polar surface area (TPSA) is 117 Å². The summed E-state index contributed by atoms with van der Waals surface area (Å²) in [4.78, 5) is 9.98. The third-order valence-corrected chi connectivity index (χ3v) is 2.78. The molecule has 1 aromatic heterocycles. The second kappa shape index (κ2) is 6.49. The van der Waals surface area contributed by atoms with Gasteiger partial charge in [-0.3, -0.25) is 14.8 Å². The molecule has 0 aliphatic heterocycles. The van der Waals surface area contributed by atoms with Crippen molar-refractivity contribution < 1.29 is 10.0 Å². The highest BCUT2D eigenvalue weighted by Gasteiger charge is 2.11. The maximum absolute atomic E-state index is 10.5. The van der Waals surface area contributed by atoms with E-state index in [4.69, 9.17) is 5.26 Å². The standard InChI is InChI=1S/C13H13N5O3/c14-5-10-1-3-11(4-2-10)15-7-13(19)9-17-8-12(6-16-17)18(20)21/h1-4,6,8,13,15,19H,7,9H2. The zero-order valence-electron chi connectivity index (χ0n) is 11.0. The average Bonchev–Trinajstić information content (AvgIpc) is 2.94. The van der Waals surface area contributed by atoms with E-state index in [1.54, 1.807) is 24.3 Å². The van der Waals surface area contributed by atoms with E-state index in [0.717, 1.165) is 11.9 Å². The second-order valence-electron chi connectivity index (χ2n) is 4.40. The number of rotatable bonds is 6. The minimum atomic E-state index is -0.750. The van der Waals surface area contributed by atoms with Gasteiger partial charge in [-0.1, -0.05) is 0 Å². The molecule has 0 amide bonds. The lowest BCUT2D eigenvalue weighted by Gasteiger charge is -2.12. The maximum Gasteiger partial charge on any atom is 0.306 e. The van der Waals surface area contributed by atoms with Gasteiger partial charge in [0.25, 0.3) is 0 Å². The summed E-state index contributed by atoms with van der Waals surface area (Å²) >= 11 is 0. The summed E-state index contributed by atoms with van der Waals surface area (Å²) in [7, 11) is 0. The van der Waals surface area contributed by atoms with E-state index in [1.807, 2.05) is 6.07 Å². The molecule has 1 unspecified atom stereocenters. The molecule has 2 aromatic rings. The normalized spacial score (nSPS) is 11.6. The molecule has 1 aromatic carbocycles. The highest BCUT2D eigenvalue weighted by molar-refractivity contribution is 5.47. The third kappa shape index (κ3) is 4.02. The van der Waals surface area contributed by atoms with Crippen molar-refractivity contribution in [2.75, 3.05) is 11.9 Å². The summed E-state index contributed by atoms with van der Waals surface area (Å²) in [5.41, 5.74) is 1.23. The first-order valence-electron chi connectivity index (χ1n) is 6.17. The van der Waals surface area contributed by atoms with Crippen molar-refractivity contribution in [1.29, 1.82) is 5.26 Å². The van der Waals surface area contributed by atoms with Crippen LogP contribution in [0.15, 0.2) is 36.7 Å².